The van der Waals surface area contributed by atoms with Crippen LogP contribution in [-0.4, -0.2) is 36.8 Å². The lowest BCUT2D eigenvalue weighted by atomic mass is 10.3. The van der Waals surface area contributed by atoms with Crippen molar-refractivity contribution in [3.8, 4) is 5.75 Å². The number of hydrogen-bond donors (Lipinski definition) is 0. The summed E-state index contributed by atoms with van der Waals surface area (Å²) in [6.45, 7) is 0.435. The fourth-order valence-electron chi connectivity index (χ4n) is 1.80. The van der Waals surface area contributed by atoms with E-state index in [1.807, 2.05) is 0 Å². The normalized spacial score (nSPS) is 10.5. The van der Waals surface area contributed by atoms with Crippen molar-refractivity contribution in [2.24, 2.45) is 0 Å². The van der Waals surface area contributed by atoms with Gasteiger partial charge in [-0.05, 0) is 30.3 Å². The van der Waals surface area contributed by atoms with Gasteiger partial charge in [-0.2, -0.15) is 0 Å². The van der Waals surface area contributed by atoms with E-state index in [-0.39, 0.29) is 30.6 Å². The number of ether oxygens (including phenoxy) is 1. The van der Waals surface area contributed by atoms with Gasteiger partial charge in [0.15, 0.2) is 23.2 Å². The monoisotopic (exact) mass is 355 g/mol. The molecule has 0 aliphatic rings. The second kappa shape index (κ2) is 8.63. The van der Waals surface area contributed by atoms with Crippen LogP contribution in [0.1, 0.15) is 0 Å². The van der Waals surface area contributed by atoms with Gasteiger partial charge in [-0.25, -0.2) is 13.2 Å². The fourth-order valence-corrected chi connectivity index (χ4v) is 2.66. The Morgan fingerprint density at radius 3 is 2.54 bits per heavy atom. The summed E-state index contributed by atoms with van der Waals surface area (Å²) in [6.07, 6.45) is 0. The molecule has 2 rings (SSSR count). The topological polar surface area (TPSA) is 29.5 Å². The summed E-state index contributed by atoms with van der Waals surface area (Å²) in [5, 5.41) is 0. The van der Waals surface area contributed by atoms with Crippen LogP contribution in [0.5, 0.6) is 5.75 Å². The molecule has 0 unspecified atom stereocenters. The predicted molar refractivity (Wildman–Crippen MR) is 86.6 cm³/mol. The number of benzene rings is 2. The van der Waals surface area contributed by atoms with Gasteiger partial charge in [0.1, 0.15) is 6.61 Å². The van der Waals surface area contributed by atoms with Crippen LogP contribution in [0, 0.1) is 17.5 Å². The number of thioether (sulfide) groups is 1. The molecule has 3 nitrogen and oxygen atoms in total. The summed E-state index contributed by atoms with van der Waals surface area (Å²) in [4.78, 5) is 13.9. The van der Waals surface area contributed by atoms with Crippen molar-refractivity contribution in [3.63, 3.8) is 0 Å². The van der Waals surface area contributed by atoms with Gasteiger partial charge in [0.05, 0.1) is 12.3 Å². The molecule has 0 aromatic heterocycles. The first-order valence-electron chi connectivity index (χ1n) is 7.16. The van der Waals surface area contributed by atoms with E-state index < -0.39 is 17.5 Å². The first-order valence-corrected chi connectivity index (χ1v) is 8.15. The molecule has 0 saturated carbocycles. The standard InChI is InChI=1S/C17H16F3NO2S/c1-21(8-9-23-16-5-3-2-4-14(16)19)17(22)11-24-12-6-7-13(18)15(20)10-12/h2-7,10H,8-9,11H2,1H3. The number of hydrogen-bond acceptors (Lipinski definition) is 3. The molecular weight excluding hydrogens is 339 g/mol. The van der Waals surface area contributed by atoms with Gasteiger partial charge < -0.3 is 9.64 Å². The van der Waals surface area contributed by atoms with Crippen molar-refractivity contribution in [2.75, 3.05) is 26.0 Å². The minimum atomic E-state index is -0.945. The van der Waals surface area contributed by atoms with Crippen molar-refractivity contribution in [1.29, 1.82) is 0 Å². The molecule has 0 spiro atoms. The summed E-state index contributed by atoms with van der Waals surface area (Å²) in [7, 11) is 1.60. The Labute approximate surface area is 142 Å². The van der Waals surface area contributed by atoms with Crippen molar-refractivity contribution < 1.29 is 22.7 Å². The molecular formula is C17H16F3NO2S. The molecule has 128 valence electrons. The zero-order chi connectivity index (χ0) is 17.5. The quantitative estimate of drug-likeness (QED) is 0.709. The maximum atomic E-state index is 13.4. The van der Waals surface area contributed by atoms with Gasteiger partial charge in [0.25, 0.3) is 0 Å². The maximum Gasteiger partial charge on any atom is 0.232 e. The summed E-state index contributed by atoms with van der Waals surface area (Å²) >= 11 is 1.11. The Balaban J connectivity index is 1.75. The molecule has 0 N–H and O–H groups in total. The average Bonchev–Trinajstić information content (AvgIpc) is 2.57. The Kier molecular flexibility index (Phi) is 6.54. The van der Waals surface area contributed by atoms with E-state index in [1.165, 1.54) is 23.1 Å². The largest absolute Gasteiger partial charge is 0.489 e. The van der Waals surface area contributed by atoms with E-state index in [4.69, 9.17) is 4.74 Å². The van der Waals surface area contributed by atoms with Crippen LogP contribution in [0.25, 0.3) is 0 Å². The first-order chi connectivity index (χ1) is 11.5. The highest BCUT2D eigenvalue weighted by Crippen LogP contribution is 2.20. The second-order valence-electron chi connectivity index (χ2n) is 4.96. The molecule has 0 saturated heterocycles. The van der Waals surface area contributed by atoms with Gasteiger partial charge >= 0.3 is 0 Å². The highest BCUT2D eigenvalue weighted by Gasteiger charge is 2.11. The molecule has 0 bridgehead atoms. The van der Waals surface area contributed by atoms with Crippen LogP contribution in [0.2, 0.25) is 0 Å². The van der Waals surface area contributed by atoms with Gasteiger partial charge in [0, 0.05) is 11.9 Å². The summed E-state index contributed by atoms with van der Waals surface area (Å²) in [6, 6.07) is 9.51. The number of nitrogens with zero attached hydrogens (tertiary/aromatic N) is 1. The highest BCUT2D eigenvalue weighted by atomic mass is 32.2. The molecule has 0 aliphatic carbocycles. The van der Waals surface area contributed by atoms with Crippen molar-refractivity contribution in [3.05, 3.63) is 59.9 Å². The molecule has 0 fully saturated rings. The number of rotatable bonds is 7. The third-order valence-electron chi connectivity index (χ3n) is 3.20. The number of para-hydroxylation sites is 1. The van der Waals surface area contributed by atoms with Crippen LogP contribution in [0.3, 0.4) is 0 Å². The number of halogens is 3. The van der Waals surface area contributed by atoms with E-state index in [0.29, 0.717) is 4.90 Å². The minimum absolute atomic E-state index is 0.0846. The van der Waals surface area contributed by atoms with Crippen LogP contribution in [0.15, 0.2) is 47.4 Å². The van der Waals surface area contributed by atoms with E-state index in [1.54, 1.807) is 19.2 Å². The lowest BCUT2D eigenvalue weighted by molar-refractivity contribution is -0.127. The highest BCUT2D eigenvalue weighted by molar-refractivity contribution is 8.00. The molecule has 7 heteroatoms. The fraction of sp³-hybridized carbons (Fsp3) is 0.235. The minimum Gasteiger partial charge on any atom is -0.489 e. The molecule has 1 amide bonds. The lowest BCUT2D eigenvalue weighted by Gasteiger charge is -2.17. The molecule has 2 aromatic carbocycles. The van der Waals surface area contributed by atoms with Crippen molar-refractivity contribution in [2.45, 2.75) is 4.90 Å². The molecule has 0 radical (unpaired) electrons. The molecule has 24 heavy (non-hydrogen) atoms. The van der Waals surface area contributed by atoms with Crippen LogP contribution < -0.4 is 4.74 Å². The maximum absolute atomic E-state index is 13.4. The van der Waals surface area contributed by atoms with Gasteiger partial charge in [-0.15, -0.1) is 11.8 Å². The zero-order valence-corrected chi connectivity index (χ0v) is 13.8. The van der Waals surface area contributed by atoms with Gasteiger partial charge in [-0.3, -0.25) is 4.79 Å². The van der Waals surface area contributed by atoms with Crippen molar-refractivity contribution in [1.82, 2.24) is 4.90 Å². The second-order valence-corrected chi connectivity index (χ2v) is 6.01. The lowest BCUT2D eigenvalue weighted by Crippen LogP contribution is -2.32. The molecule has 0 heterocycles. The van der Waals surface area contributed by atoms with Crippen LogP contribution in [-0.2, 0) is 4.79 Å². The molecule has 2 aromatic rings. The Hall–Kier alpha value is -2.15. The van der Waals surface area contributed by atoms with Gasteiger partial charge in [0.2, 0.25) is 5.91 Å². The van der Waals surface area contributed by atoms with E-state index >= 15 is 0 Å². The van der Waals surface area contributed by atoms with Crippen molar-refractivity contribution >= 4 is 17.7 Å². The Morgan fingerprint density at radius 1 is 1.08 bits per heavy atom. The summed E-state index contributed by atoms with van der Waals surface area (Å²) < 4.78 is 44.6. The Morgan fingerprint density at radius 2 is 1.83 bits per heavy atom. The average molecular weight is 355 g/mol. The Bertz CT molecular complexity index is 712. The van der Waals surface area contributed by atoms with Crippen LogP contribution in [0.4, 0.5) is 13.2 Å². The third kappa shape index (κ3) is 5.19. The molecule has 0 atom stereocenters. The van der Waals surface area contributed by atoms with E-state index in [2.05, 4.69) is 0 Å². The van der Waals surface area contributed by atoms with Crippen LogP contribution >= 0.6 is 11.8 Å². The summed E-state index contributed by atoms with van der Waals surface area (Å²) in [5.41, 5.74) is 0. The number of likely N-dealkylation sites (N-methyl/N-ethyl adjacent to an activating group) is 1. The predicted octanol–water partition coefficient (Wildman–Crippen LogP) is 3.73. The number of carbonyl (C=O) groups is 1. The van der Waals surface area contributed by atoms with Gasteiger partial charge in [-0.1, -0.05) is 12.1 Å². The zero-order valence-electron chi connectivity index (χ0n) is 13.0. The SMILES string of the molecule is CN(CCOc1ccccc1F)C(=O)CSc1ccc(F)c(F)c1. The van der Waals surface area contributed by atoms with E-state index in [9.17, 15) is 18.0 Å². The van der Waals surface area contributed by atoms with E-state index in [0.717, 1.165) is 23.9 Å². The number of carbonyl (C=O) groups excluding carboxylic acids is 1. The first kappa shape index (κ1) is 18.2. The summed E-state index contributed by atoms with van der Waals surface area (Å²) in [5.74, 6) is -2.30. The third-order valence-corrected chi connectivity index (χ3v) is 4.18. The molecule has 0 aliphatic heterocycles. The number of amides is 1. The smallest absolute Gasteiger partial charge is 0.232 e.